The third-order valence-corrected chi connectivity index (χ3v) is 9.73. The van der Waals surface area contributed by atoms with E-state index in [0.717, 1.165) is 22.0 Å². The predicted octanol–water partition coefficient (Wildman–Crippen LogP) is 3.94. The first-order valence-electron chi connectivity index (χ1n) is 16.2. The van der Waals surface area contributed by atoms with Gasteiger partial charge in [-0.1, -0.05) is 42.2 Å². The number of nitrogens with one attached hydrogen (secondary N) is 2. The Balaban J connectivity index is 0.940. The summed E-state index contributed by atoms with van der Waals surface area (Å²) in [4.78, 5) is 58.3. The second-order valence-electron chi connectivity index (χ2n) is 13.2. The minimum absolute atomic E-state index is 0.00892. The number of rotatable bonds is 5. The Morgan fingerprint density at radius 1 is 1.10 bits per heavy atom. The zero-order valence-corrected chi connectivity index (χ0v) is 27.3. The Hall–Kier alpha value is -6.34. The third-order valence-electron chi connectivity index (χ3n) is 9.73. The molecule has 0 spiro atoms. The molecule has 2 N–H and O–H groups in total. The molecule has 1 unspecified atom stereocenters. The zero-order valence-electron chi connectivity index (χ0n) is 27.3. The van der Waals surface area contributed by atoms with Gasteiger partial charge in [0.15, 0.2) is 17.2 Å². The monoisotopic (exact) mass is 669 g/mol. The second-order valence-corrected chi connectivity index (χ2v) is 13.2. The summed E-state index contributed by atoms with van der Waals surface area (Å²) in [6.45, 7) is 12.5. The van der Waals surface area contributed by atoms with Crippen LogP contribution in [0.1, 0.15) is 48.2 Å². The molecule has 0 aliphatic carbocycles. The van der Waals surface area contributed by atoms with Crippen LogP contribution >= 0.6 is 0 Å². The van der Waals surface area contributed by atoms with Crippen molar-refractivity contribution in [1.29, 1.82) is 0 Å². The number of imide groups is 1. The fraction of sp³-hybridized carbons (Fsp3) is 0.297. The molecule has 8 rings (SSSR count). The van der Waals surface area contributed by atoms with E-state index < -0.39 is 17.5 Å². The van der Waals surface area contributed by atoms with Crippen molar-refractivity contribution < 1.29 is 28.7 Å². The maximum absolute atomic E-state index is 13.5. The first kappa shape index (κ1) is 31.0. The number of hydrogen-bond acceptors (Lipinski definition) is 8. The van der Waals surface area contributed by atoms with E-state index >= 15 is 0 Å². The van der Waals surface area contributed by atoms with Crippen molar-refractivity contribution in [3.63, 3.8) is 0 Å². The molecule has 13 nitrogen and oxygen atoms in total. The molecule has 4 aromatic rings. The van der Waals surface area contributed by atoms with Crippen LogP contribution < -0.4 is 25.0 Å². The van der Waals surface area contributed by atoms with Crippen LogP contribution in [0.2, 0.25) is 0 Å². The van der Waals surface area contributed by atoms with Crippen LogP contribution in [0.3, 0.4) is 0 Å². The lowest BCUT2D eigenvalue weighted by Crippen LogP contribution is -2.52. The Morgan fingerprint density at radius 3 is 2.66 bits per heavy atom. The van der Waals surface area contributed by atoms with Crippen LogP contribution in [0.25, 0.3) is 15.6 Å². The fourth-order valence-electron chi connectivity index (χ4n) is 6.84. The smallest absolute Gasteiger partial charge is 0.259 e. The first-order chi connectivity index (χ1) is 24.1. The topological polar surface area (TPSA) is 139 Å². The number of hydrogen-bond donors (Lipinski definition) is 2. The summed E-state index contributed by atoms with van der Waals surface area (Å²) < 4.78 is 13.2. The molecule has 2 saturated heterocycles. The summed E-state index contributed by atoms with van der Waals surface area (Å²) in [6, 6.07) is 12.2. The van der Waals surface area contributed by atoms with E-state index in [1.807, 2.05) is 30.3 Å². The van der Waals surface area contributed by atoms with E-state index in [0.29, 0.717) is 47.1 Å². The molecule has 0 bridgehead atoms. The van der Waals surface area contributed by atoms with Gasteiger partial charge in [0.25, 0.3) is 11.8 Å². The highest BCUT2D eigenvalue weighted by molar-refractivity contribution is 6.09. The van der Waals surface area contributed by atoms with Crippen molar-refractivity contribution in [2.45, 2.75) is 44.8 Å². The molecule has 1 atom stereocenters. The lowest BCUT2D eigenvalue weighted by atomic mass is 9.97. The molecule has 250 valence electrons. The molecular formula is C37H31N7O6. The Bertz CT molecular complexity index is 2250. The second kappa shape index (κ2) is 11.7. The van der Waals surface area contributed by atoms with Gasteiger partial charge < -0.3 is 24.6 Å². The maximum Gasteiger partial charge on any atom is 0.259 e. The van der Waals surface area contributed by atoms with Crippen molar-refractivity contribution in [2.24, 2.45) is 5.92 Å². The summed E-state index contributed by atoms with van der Waals surface area (Å²) in [5.74, 6) is 6.11. The average Bonchev–Trinajstić information content (AvgIpc) is 3.84. The summed E-state index contributed by atoms with van der Waals surface area (Å²) in [6.07, 6.45) is 3.86. The molecule has 4 aliphatic rings. The van der Waals surface area contributed by atoms with Gasteiger partial charge in [-0.2, -0.15) is 5.10 Å². The standard InChI is InChI=1S/C37H31N7O6/c1-37(2,36(48)40-27-11-10-26(38-3)24-6-4-5-7-25(24)27)44-18-21(15-39-44)8-9-22-16-42(17-22)29-14-23-19-43(28-12-13-30(45)41-34(28)46)35(47)31(23)33-32(29)49-20-50-33/h4-7,10-11,14-15,18,22,28H,12-13,16-17,19-20H2,1-2H3,(H,40,48)(H,41,45,46). The van der Waals surface area contributed by atoms with Gasteiger partial charge in [0, 0.05) is 37.9 Å². The van der Waals surface area contributed by atoms with Gasteiger partial charge in [-0.3, -0.25) is 29.2 Å². The number of aromatic nitrogens is 2. The minimum Gasteiger partial charge on any atom is -0.453 e. The number of carbonyl (C=O) groups excluding carboxylic acids is 4. The summed E-state index contributed by atoms with van der Waals surface area (Å²) >= 11 is 0. The fourth-order valence-corrected chi connectivity index (χ4v) is 6.84. The molecule has 0 radical (unpaired) electrons. The minimum atomic E-state index is -1.03. The van der Waals surface area contributed by atoms with E-state index in [2.05, 4.69) is 37.3 Å². The number of carbonyl (C=O) groups is 4. The predicted molar refractivity (Wildman–Crippen MR) is 182 cm³/mol. The molecule has 4 aliphatic heterocycles. The molecule has 2 fully saturated rings. The highest BCUT2D eigenvalue weighted by atomic mass is 16.7. The zero-order chi connectivity index (χ0) is 34.7. The van der Waals surface area contributed by atoms with Crippen molar-refractivity contribution in [1.82, 2.24) is 20.0 Å². The number of benzene rings is 3. The highest BCUT2D eigenvalue weighted by Crippen LogP contribution is 2.49. The number of nitrogens with zero attached hydrogens (tertiary/aromatic N) is 5. The van der Waals surface area contributed by atoms with Crippen LogP contribution in [-0.2, 0) is 26.5 Å². The number of piperidine rings is 1. The van der Waals surface area contributed by atoms with E-state index in [4.69, 9.17) is 16.0 Å². The van der Waals surface area contributed by atoms with E-state index in [1.54, 1.807) is 43.1 Å². The van der Waals surface area contributed by atoms with Gasteiger partial charge in [-0.05, 0) is 48.7 Å². The molecule has 0 saturated carbocycles. The molecule has 1 aromatic heterocycles. The van der Waals surface area contributed by atoms with Crippen LogP contribution in [0.15, 0.2) is 54.9 Å². The quantitative estimate of drug-likeness (QED) is 0.185. The Labute approximate surface area is 286 Å². The average molecular weight is 670 g/mol. The normalized spacial score (nSPS) is 18.3. The van der Waals surface area contributed by atoms with Crippen LogP contribution in [0, 0.1) is 24.3 Å². The molecule has 50 heavy (non-hydrogen) atoms. The number of ether oxygens (including phenoxy) is 2. The van der Waals surface area contributed by atoms with Crippen molar-refractivity contribution in [3.8, 4) is 23.3 Å². The van der Waals surface area contributed by atoms with Gasteiger partial charge in [-0.25, -0.2) is 4.85 Å². The first-order valence-corrected chi connectivity index (χ1v) is 16.2. The van der Waals surface area contributed by atoms with Crippen LogP contribution in [0.5, 0.6) is 11.5 Å². The van der Waals surface area contributed by atoms with E-state index in [-0.39, 0.29) is 49.8 Å². The lowest BCUT2D eigenvalue weighted by Gasteiger charge is -2.39. The summed E-state index contributed by atoms with van der Waals surface area (Å²) in [7, 11) is 0. The maximum atomic E-state index is 13.5. The Kier molecular flexibility index (Phi) is 7.22. The van der Waals surface area contributed by atoms with Crippen LogP contribution in [-0.4, -0.2) is 64.2 Å². The molecule has 4 amide bonds. The number of fused-ring (bicyclic) bond motifs is 4. The number of amides is 4. The highest BCUT2D eigenvalue weighted by Gasteiger charge is 2.44. The van der Waals surface area contributed by atoms with E-state index in [9.17, 15) is 19.2 Å². The van der Waals surface area contributed by atoms with Crippen molar-refractivity contribution in [2.75, 3.05) is 30.1 Å². The molecule has 3 aromatic carbocycles. The van der Waals surface area contributed by atoms with E-state index in [1.165, 1.54) is 4.90 Å². The van der Waals surface area contributed by atoms with Crippen LogP contribution in [0.4, 0.5) is 17.1 Å². The molecule has 5 heterocycles. The largest absolute Gasteiger partial charge is 0.453 e. The summed E-state index contributed by atoms with van der Waals surface area (Å²) in [5, 5.41) is 11.4. The SMILES string of the molecule is [C-]#[N+]c1ccc(NC(=O)C(C)(C)n2cc(C#CC3CN(c4cc5c(c6c4OCO6)C(=O)N(C4CCC(=O)NC4=O)C5)C3)cn2)c2ccccc12. The van der Waals surface area contributed by atoms with Crippen molar-refractivity contribution >= 4 is 51.5 Å². The summed E-state index contributed by atoms with van der Waals surface area (Å²) in [5.41, 5.74) is 2.76. The third kappa shape index (κ3) is 5.06. The van der Waals surface area contributed by atoms with Crippen molar-refractivity contribution in [3.05, 3.63) is 83.0 Å². The Morgan fingerprint density at radius 2 is 1.88 bits per heavy atom. The lowest BCUT2D eigenvalue weighted by molar-refractivity contribution is -0.137. The van der Waals surface area contributed by atoms with Gasteiger partial charge in [0.05, 0.1) is 35.5 Å². The van der Waals surface area contributed by atoms with Gasteiger partial charge in [0.2, 0.25) is 18.6 Å². The molecule has 13 heteroatoms. The van der Waals surface area contributed by atoms with Gasteiger partial charge >= 0.3 is 0 Å². The van der Waals surface area contributed by atoms with Gasteiger partial charge in [0.1, 0.15) is 11.6 Å². The molecular weight excluding hydrogens is 638 g/mol. The van der Waals surface area contributed by atoms with Gasteiger partial charge in [-0.15, -0.1) is 0 Å². The number of anilines is 2.